The first-order valence-corrected chi connectivity index (χ1v) is 4.38. The van der Waals surface area contributed by atoms with Gasteiger partial charge in [-0.3, -0.25) is 10.1 Å². The maximum Gasteiger partial charge on any atom is 0.295 e. The third-order valence-electron chi connectivity index (χ3n) is 2.25. The molecule has 0 aliphatic carbocycles. The number of benzene rings is 1. The van der Waals surface area contributed by atoms with E-state index >= 15 is 0 Å². The summed E-state index contributed by atoms with van der Waals surface area (Å²) in [6.45, 7) is 0.619. The fourth-order valence-electron chi connectivity index (χ4n) is 1.57. The van der Waals surface area contributed by atoms with Crippen LogP contribution in [0.1, 0.15) is 12.0 Å². The van der Waals surface area contributed by atoms with Gasteiger partial charge in [0, 0.05) is 0 Å². The van der Waals surface area contributed by atoms with Gasteiger partial charge in [0.15, 0.2) is 0 Å². The molecule has 0 saturated carbocycles. The minimum atomic E-state index is -0.492. The number of nitro benzene ring substituents is 1. The van der Waals surface area contributed by atoms with Crippen LogP contribution in [0, 0.1) is 10.1 Å². The Kier molecular flexibility index (Phi) is 1.99. The van der Waals surface area contributed by atoms with Crippen molar-refractivity contribution in [2.24, 2.45) is 0 Å². The molecule has 0 fully saturated rings. The van der Waals surface area contributed by atoms with Crippen LogP contribution in [0.5, 0.6) is 5.75 Å². The molecule has 1 aromatic carbocycles. The molecule has 2 rings (SSSR count). The zero-order chi connectivity index (χ0) is 10.1. The van der Waals surface area contributed by atoms with Crippen molar-refractivity contribution >= 4 is 11.4 Å². The molecule has 5 nitrogen and oxygen atoms in total. The second kappa shape index (κ2) is 3.17. The first-order valence-electron chi connectivity index (χ1n) is 4.38. The normalized spacial score (nSPS) is 14.3. The first kappa shape index (κ1) is 8.80. The molecule has 0 aromatic heterocycles. The van der Waals surface area contributed by atoms with E-state index in [2.05, 4.69) is 0 Å². The zero-order valence-corrected chi connectivity index (χ0v) is 7.53. The van der Waals surface area contributed by atoms with E-state index in [1.54, 1.807) is 6.07 Å². The highest BCUT2D eigenvalue weighted by Crippen LogP contribution is 2.33. The number of anilines is 1. The average molecular weight is 194 g/mol. The number of aryl methyl sites for hydroxylation is 1. The molecule has 14 heavy (non-hydrogen) atoms. The summed E-state index contributed by atoms with van der Waals surface area (Å²) in [6, 6.07) is 3.04. The van der Waals surface area contributed by atoms with Gasteiger partial charge in [0.05, 0.1) is 17.6 Å². The molecule has 0 unspecified atom stereocenters. The summed E-state index contributed by atoms with van der Waals surface area (Å²) in [5, 5.41) is 10.6. The quantitative estimate of drug-likeness (QED) is 0.417. The zero-order valence-electron chi connectivity index (χ0n) is 7.53. The predicted molar refractivity (Wildman–Crippen MR) is 51.3 cm³/mol. The van der Waals surface area contributed by atoms with Gasteiger partial charge in [-0.15, -0.1) is 0 Å². The van der Waals surface area contributed by atoms with Crippen molar-refractivity contribution in [3.05, 3.63) is 27.8 Å². The molecule has 0 spiro atoms. The van der Waals surface area contributed by atoms with Gasteiger partial charge in [-0.1, -0.05) is 0 Å². The summed E-state index contributed by atoms with van der Waals surface area (Å²) < 4.78 is 5.31. The van der Waals surface area contributed by atoms with Crippen LogP contribution in [0.4, 0.5) is 11.4 Å². The molecule has 1 aliphatic rings. The molecule has 0 bridgehead atoms. The summed E-state index contributed by atoms with van der Waals surface area (Å²) in [5.74, 6) is 0.595. The van der Waals surface area contributed by atoms with Crippen molar-refractivity contribution in [2.45, 2.75) is 12.8 Å². The number of rotatable bonds is 1. The second-order valence-electron chi connectivity index (χ2n) is 3.23. The van der Waals surface area contributed by atoms with Gasteiger partial charge in [0.2, 0.25) is 0 Å². The molecule has 1 heterocycles. The predicted octanol–water partition coefficient (Wildman–Crippen LogP) is 1.50. The molecule has 2 N–H and O–H groups in total. The number of fused-ring (bicyclic) bond motifs is 1. The lowest BCUT2D eigenvalue weighted by molar-refractivity contribution is -0.384. The number of ether oxygens (including phenoxy) is 1. The number of nitrogens with zero attached hydrogens (tertiary/aromatic N) is 1. The van der Waals surface area contributed by atoms with E-state index < -0.39 is 4.92 Å². The Labute approximate surface area is 80.6 Å². The Hall–Kier alpha value is -1.78. The standard InChI is InChI=1S/C9H10N2O3/c10-7-4-6-2-1-3-14-9(6)5-8(7)11(12)13/h4-5H,1-3,10H2. The Bertz CT molecular complexity index is 390. The van der Waals surface area contributed by atoms with Crippen LogP contribution in [-0.4, -0.2) is 11.5 Å². The summed E-state index contributed by atoms with van der Waals surface area (Å²) in [6.07, 6.45) is 1.81. The minimum absolute atomic E-state index is 0.0781. The lowest BCUT2D eigenvalue weighted by Gasteiger charge is -2.17. The molecule has 1 aromatic rings. The third kappa shape index (κ3) is 1.37. The van der Waals surface area contributed by atoms with Gasteiger partial charge in [-0.05, 0) is 24.5 Å². The van der Waals surface area contributed by atoms with Crippen molar-refractivity contribution < 1.29 is 9.66 Å². The smallest absolute Gasteiger partial charge is 0.295 e. The van der Waals surface area contributed by atoms with Gasteiger partial charge in [-0.25, -0.2) is 0 Å². The van der Waals surface area contributed by atoms with Crippen LogP contribution in [-0.2, 0) is 6.42 Å². The van der Waals surface area contributed by atoms with E-state index in [0.717, 1.165) is 18.4 Å². The third-order valence-corrected chi connectivity index (χ3v) is 2.25. The van der Waals surface area contributed by atoms with Crippen LogP contribution >= 0.6 is 0 Å². The summed E-state index contributed by atoms with van der Waals surface area (Å²) in [7, 11) is 0. The highest BCUT2D eigenvalue weighted by atomic mass is 16.6. The van der Waals surface area contributed by atoms with Crippen LogP contribution < -0.4 is 10.5 Å². The Morgan fingerprint density at radius 3 is 3.00 bits per heavy atom. The van der Waals surface area contributed by atoms with Crippen LogP contribution in [0.25, 0.3) is 0 Å². The average Bonchev–Trinajstić information content (AvgIpc) is 2.16. The highest BCUT2D eigenvalue weighted by molar-refractivity contribution is 5.63. The molecule has 0 amide bonds. The van der Waals surface area contributed by atoms with E-state index in [1.807, 2.05) is 0 Å². The maximum atomic E-state index is 10.6. The number of nitro groups is 1. The first-order chi connectivity index (χ1) is 6.68. The van der Waals surface area contributed by atoms with Crippen molar-refractivity contribution in [1.29, 1.82) is 0 Å². The Morgan fingerprint density at radius 1 is 1.50 bits per heavy atom. The molecular weight excluding hydrogens is 184 g/mol. The molecular formula is C9H10N2O3. The van der Waals surface area contributed by atoms with Crippen LogP contribution in [0.2, 0.25) is 0 Å². The lowest BCUT2D eigenvalue weighted by Crippen LogP contribution is -2.09. The van der Waals surface area contributed by atoms with E-state index in [0.29, 0.717) is 12.4 Å². The van der Waals surface area contributed by atoms with Gasteiger partial charge in [-0.2, -0.15) is 0 Å². The van der Waals surface area contributed by atoms with Crippen molar-refractivity contribution in [3.8, 4) is 5.75 Å². The fourth-order valence-corrected chi connectivity index (χ4v) is 1.57. The van der Waals surface area contributed by atoms with Crippen LogP contribution in [0.15, 0.2) is 12.1 Å². The van der Waals surface area contributed by atoms with Gasteiger partial charge >= 0.3 is 0 Å². The maximum absolute atomic E-state index is 10.6. The lowest BCUT2D eigenvalue weighted by atomic mass is 10.0. The molecule has 0 radical (unpaired) electrons. The molecule has 0 atom stereocenters. The number of hydrogen-bond acceptors (Lipinski definition) is 4. The summed E-state index contributed by atoms with van der Waals surface area (Å²) >= 11 is 0. The number of hydrogen-bond donors (Lipinski definition) is 1. The summed E-state index contributed by atoms with van der Waals surface area (Å²) in [4.78, 5) is 10.1. The van der Waals surface area contributed by atoms with E-state index in [1.165, 1.54) is 6.07 Å². The fraction of sp³-hybridized carbons (Fsp3) is 0.333. The van der Waals surface area contributed by atoms with Crippen molar-refractivity contribution in [3.63, 3.8) is 0 Å². The van der Waals surface area contributed by atoms with Crippen LogP contribution in [0.3, 0.4) is 0 Å². The van der Waals surface area contributed by atoms with Gasteiger partial charge in [0.1, 0.15) is 11.4 Å². The Morgan fingerprint density at radius 2 is 2.29 bits per heavy atom. The van der Waals surface area contributed by atoms with Crippen molar-refractivity contribution in [2.75, 3.05) is 12.3 Å². The Balaban J connectivity index is 2.50. The summed E-state index contributed by atoms with van der Waals surface area (Å²) in [5.41, 5.74) is 6.64. The number of nitrogen functional groups attached to an aromatic ring is 1. The number of nitrogens with two attached hydrogens (primary N) is 1. The van der Waals surface area contributed by atoms with Crippen molar-refractivity contribution in [1.82, 2.24) is 0 Å². The monoisotopic (exact) mass is 194 g/mol. The van der Waals surface area contributed by atoms with E-state index in [4.69, 9.17) is 10.5 Å². The molecule has 74 valence electrons. The minimum Gasteiger partial charge on any atom is -0.493 e. The van der Waals surface area contributed by atoms with E-state index in [-0.39, 0.29) is 11.4 Å². The largest absolute Gasteiger partial charge is 0.493 e. The topological polar surface area (TPSA) is 78.4 Å². The van der Waals surface area contributed by atoms with Gasteiger partial charge < -0.3 is 10.5 Å². The second-order valence-corrected chi connectivity index (χ2v) is 3.23. The molecule has 0 saturated heterocycles. The van der Waals surface area contributed by atoms with Gasteiger partial charge in [0.25, 0.3) is 5.69 Å². The molecule has 5 heteroatoms. The SMILES string of the molecule is Nc1cc2c(cc1[N+](=O)[O-])OCCC2. The molecule has 1 aliphatic heterocycles. The highest BCUT2D eigenvalue weighted by Gasteiger charge is 2.18. The van der Waals surface area contributed by atoms with E-state index in [9.17, 15) is 10.1 Å².